The Morgan fingerprint density at radius 1 is 1.36 bits per heavy atom. The van der Waals surface area contributed by atoms with E-state index in [1.807, 2.05) is 32.4 Å². The fourth-order valence-electron chi connectivity index (χ4n) is 2.75. The molecule has 0 aliphatic heterocycles. The van der Waals surface area contributed by atoms with Crippen molar-refractivity contribution in [2.75, 3.05) is 0 Å². The van der Waals surface area contributed by atoms with Crippen molar-refractivity contribution in [3.8, 4) is 0 Å². The maximum atomic E-state index is 12.1. The topological polar surface area (TPSA) is 68.9 Å². The Bertz CT molecular complexity index is 730. The molecule has 1 amide bonds. The second kappa shape index (κ2) is 6.60. The first-order valence-electron chi connectivity index (χ1n) is 7.42. The number of carbonyl (C=O) groups excluding carboxylic acids is 1. The number of rotatable bonds is 5. The molecule has 0 aliphatic carbocycles. The lowest BCUT2D eigenvalue weighted by Gasteiger charge is -2.15. The van der Waals surface area contributed by atoms with Gasteiger partial charge in [-0.05, 0) is 33.8 Å². The van der Waals surface area contributed by atoms with Gasteiger partial charge in [-0.25, -0.2) is 0 Å². The first-order chi connectivity index (χ1) is 10.4. The standard InChI is InChI=1S/C16H22N4O2/c1-5-20-13(4)16(12(3)18-20)11(2)17-14(21)10-19-9-7-6-8-15(19)22/h6-9,11H,5,10H2,1-4H3,(H,17,21)/t11-/m1/s1. The number of amides is 1. The van der Waals surface area contributed by atoms with Gasteiger partial charge in [0.15, 0.2) is 0 Å². The van der Waals surface area contributed by atoms with Crippen molar-refractivity contribution in [2.24, 2.45) is 0 Å². The van der Waals surface area contributed by atoms with E-state index in [1.54, 1.807) is 18.3 Å². The van der Waals surface area contributed by atoms with Crippen LogP contribution in [0.25, 0.3) is 0 Å². The molecular formula is C16H22N4O2. The molecule has 0 saturated carbocycles. The maximum absolute atomic E-state index is 12.1. The molecule has 6 heteroatoms. The molecule has 0 unspecified atom stereocenters. The number of hydrogen-bond acceptors (Lipinski definition) is 3. The van der Waals surface area contributed by atoms with E-state index in [9.17, 15) is 9.59 Å². The molecule has 0 saturated heterocycles. The zero-order valence-electron chi connectivity index (χ0n) is 13.5. The summed E-state index contributed by atoms with van der Waals surface area (Å²) in [5, 5.41) is 7.40. The van der Waals surface area contributed by atoms with Crippen molar-refractivity contribution in [1.29, 1.82) is 0 Å². The summed E-state index contributed by atoms with van der Waals surface area (Å²) < 4.78 is 3.31. The molecule has 0 bridgehead atoms. The van der Waals surface area contributed by atoms with Gasteiger partial charge in [-0.2, -0.15) is 5.10 Å². The van der Waals surface area contributed by atoms with E-state index in [-0.39, 0.29) is 24.1 Å². The van der Waals surface area contributed by atoms with Gasteiger partial charge in [-0.15, -0.1) is 0 Å². The van der Waals surface area contributed by atoms with Crippen LogP contribution in [0.3, 0.4) is 0 Å². The van der Waals surface area contributed by atoms with Gasteiger partial charge in [0.25, 0.3) is 5.56 Å². The highest BCUT2D eigenvalue weighted by atomic mass is 16.2. The number of carbonyl (C=O) groups is 1. The minimum absolute atomic E-state index is 0.0179. The smallest absolute Gasteiger partial charge is 0.250 e. The lowest BCUT2D eigenvalue weighted by molar-refractivity contribution is -0.122. The van der Waals surface area contributed by atoms with E-state index in [2.05, 4.69) is 10.4 Å². The van der Waals surface area contributed by atoms with E-state index in [4.69, 9.17) is 0 Å². The SMILES string of the molecule is CCn1nc(C)c([C@@H](C)NC(=O)Cn2ccccc2=O)c1C. The van der Waals surface area contributed by atoms with Crippen LogP contribution in [0.15, 0.2) is 29.2 Å². The zero-order valence-corrected chi connectivity index (χ0v) is 13.5. The van der Waals surface area contributed by atoms with Crippen LogP contribution < -0.4 is 10.9 Å². The van der Waals surface area contributed by atoms with Crippen molar-refractivity contribution in [2.45, 2.75) is 46.8 Å². The summed E-state index contributed by atoms with van der Waals surface area (Å²) in [5.41, 5.74) is 2.83. The average Bonchev–Trinajstić information content (AvgIpc) is 2.75. The molecule has 0 fully saturated rings. The maximum Gasteiger partial charge on any atom is 0.250 e. The summed E-state index contributed by atoms with van der Waals surface area (Å²) in [6, 6.07) is 4.69. The molecule has 22 heavy (non-hydrogen) atoms. The van der Waals surface area contributed by atoms with Gasteiger partial charge in [-0.3, -0.25) is 14.3 Å². The highest BCUT2D eigenvalue weighted by Gasteiger charge is 2.18. The average molecular weight is 302 g/mol. The predicted molar refractivity (Wildman–Crippen MR) is 84.6 cm³/mol. The van der Waals surface area contributed by atoms with Gasteiger partial charge < -0.3 is 9.88 Å². The molecule has 2 heterocycles. The largest absolute Gasteiger partial charge is 0.348 e. The molecule has 2 aromatic heterocycles. The minimum atomic E-state index is -0.191. The molecule has 0 aliphatic rings. The highest BCUT2D eigenvalue weighted by molar-refractivity contribution is 5.76. The van der Waals surface area contributed by atoms with E-state index in [0.717, 1.165) is 23.5 Å². The van der Waals surface area contributed by atoms with Crippen LogP contribution in [0, 0.1) is 13.8 Å². The molecule has 2 aromatic rings. The third-order valence-electron chi connectivity index (χ3n) is 3.76. The summed E-state index contributed by atoms with van der Waals surface area (Å²) in [5.74, 6) is -0.191. The summed E-state index contributed by atoms with van der Waals surface area (Å²) in [6.07, 6.45) is 1.61. The van der Waals surface area contributed by atoms with Crippen molar-refractivity contribution in [3.05, 3.63) is 51.7 Å². The predicted octanol–water partition coefficient (Wildman–Crippen LogP) is 1.56. The van der Waals surface area contributed by atoms with Crippen molar-refractivity contribution in [1.82, 2.24) is 19.7 Å². The Labute approximate surface area is 129 Å². The molecule has 0 radical (unpaired) electrons. The van der Waals surface area contributed by atoms with Crippen molar-refractivity contribution in [3.63, 3.8) is 0 Å². The third kappa shape index (κ3) is 3.27. The van der Waals surface area contributed by atoms with E-state index < -0.39 is 0 Å². The van der Waals surface area contributed by atoms with Crippen LogP contribution in [0.4, 0.5) is 0 Å². The third-order valence-corrected chi connectivity index (χ3v) is 3.76. The summed E-state index contributed by atoms with van der Waals surface area (Å²) in [7, 11) is 0. The molecule has 0 aromatic carbocycles. The van der Waals surface area contributed by atoms with Crippen molar-refractivity contribution >= 4 is 5.91 Å². The first-order valence-corrected chi connectivity index (χ1v) is 7.42. The highest BCUT2D eigenvalue weighted by Crippen LogP contribution is 2.21. The lowest BCUT2D eigenvalue weighted by Crippen LogP contribution is -2.33. The van der Waals surface area contributed by atoms with Gasteiger partial charge in [0.2, 0.25) is 5.91 Å². The van der Waals surface area contributed by atoms with Gasteiger partial charge in [0, 0.05) is 30.1 Å². The summed E-state index contributed by atoms with van der Waals surface area (Å²) >= 11 is 0. The number of pyridine rings is 1. The Kier molecular flexibility index (Phi) is 4.80. The number of nitrogens with zero attached hydrogens (tertiary/aromatic N) is 3. The number of nitrogens with one attached hydrogen (secondary N) is 1. The Morgan fingerprint density at radius 3 is 2.68 bits per heavy atom. The van der Waals surface area contributed by atoms with E-state index in [1.165, 1.54) is 10.6 Å². The first kappa shape index (κ1) is 16.0. The van der Waals surface area contributed by atoms with Crippen LogP contribution in [-0.4, -0.2) is 20.3 Å². The van der Waals surface area contributed by atoms with Gasteiger partial charge in [0.1, 0.15) is 6.54 Å². The Morgan fingerprint density at radius 2 is 2.09 bits per heavy atom. The van der Waals surface area contributed by atoms with Crippen LogP contribution in [-0.2, 0) is 17.9 Å². The summed E-state index contributed by atoms with van der Waals surface area (Å²) in [4.78, 5) is 23.8. The fourth-order valence-corrected chi connectivity index (χ4v) is 2.75. The number of aryl methyl sites for hydroxylation is 2. The second-order valence-electron chi connectivity index (χ2n) is 5.36. The monoisotopic (exact) mass is 302 g/mol. The molecule has 2 rings (SSSR count). The molecule has 0 spiro atoms. The number of aromatic nitrogens is 3. The van der Waals surface area contributed by atoms with Crippen molar-refractivity contribution < 1.29 is 4.79 Å². The minimum Gasteiger partial charge on any atom is -0.348 e. The quantitative estimate of drug-likeness (QED) is 0.911. The van der Waals surface area contributed by atoms with E-state index in [0.29, 0.717) is 0 Å². The molecule has 1 atom stereocenters. The van der Waals surface area contributed by atoms with E-state index >= 15 is 0 Å². The molecule has 1 N–H and O–H groups in total. The van der Waals surface area contributed by atoms with Crippen LogP contribution >= 0.6 is 0 Å². The molecule has 118 valence electrons. The normalized spacial score (nSPS) is 12.2. The van der Waals surface area contributed by atoms with Gasteiger partial charge >= 0.3 is 0 Å². The molecule has 6 nitrogen and oxygen atoms in total. The second-order valence-corrected chi connectivity index (χ2v) is 5.36. The zero-order chi connectivity index (χ0) is 16.3. The van der Waals surface area contributed by atoms with Gasteiger partial charge in [0.05, 0.1) is 11.7 Å². The van der Waals surface area contributed by atoms with Crippen LogP contribution in [0.2, 0.25) is 0 Å². The van der Waals surface area contributed by atoms with Gasteiger partial charge in [-0.1, -0.05) is 6.07 Å². The lowest BCUT2D eigenvalue weighted by atomic mass is 10.1. The summed E-state index contributed by atoms with van der Waals surface area (Å²) in [6.45, 7) is 8.73. The fraction of sp³-hybridized carbons (Fsp3) is 0.438. The van der Waals surface area contributed by atoms with Crippen LogP contribution in [0.5, 0.6) is 0 Å². The Hall–Kier alpha value is -2.37. The number of hydrogen-bond donors (Lipinski definition) is 1. The molecular weight excluding hydrogens is 280 g/mol. The Balaban J connectivity index is 2.11. The van der Waals surface area contributed by atoms with Crippen LogP contribution in [0.1, 0.15) is 36.8 Å².